The monoisotopic (exact) mass is 296 g/mol. The number of hydrogen-bond donors (Lipinski definition) is 1. The molecule has 5 heteroatoms. The molecule has 1 unspecified atom stereocenters. The lowest BCUT2D eigenvalue weighted by molar-refractivity contribution is 0.396. The van der Waals surface area contributed by atoms with E-state index in [1.807, 2.05) is 6.20 Å². The Morgan fingerprint density at radius 3 is 2.85 bits per heavy atom. The minimum Gasteiger partial charge on any atom is -0.351 e. The number of hydrogen-bond acceptors (Lipinski definition) is 5. The molecule has 114 valence electrons. The van der Waals surface area contributed by atoms with Crippen LogP contribution >= 0.6 is 11.3 Å². The van der Waals surface area contributed by atoms with Crippen molar-refractivity contribution in [3.63, 3.8) is 0 Å². The molecule has 0 aliphatic carbocycles. The van der Waals surface area contributed by atoms with Gasteiger partial charge in [-0.25, -0.2) is 4.98 Å². The Labute approximate surface area is 127 Å². The zero-order valence-electron chi connectivity index (χ0n) is 13.4. The number of likely N-dealkylation sites (tertiary alicyclic amines) is 1. The predicted octanol–water partition coefficient (Wildman–Crippen LogP) is 2.42. The van der Waals surface area contributed by atoms with Crippen LogP contribution in [0.1, 0.15) is 32.1 Å². The Kier molecular flexibility index (Phi) is 5.04. The summed E-state index contributed by atoms with van der Waals surface area (Å²) in [5, 5.41) is 4.66. The normalized spacial score (nSPS) is 20.6. The van der Waals surface area contributed by atoms with E-state index < -0.39 is 0 Å². The molecule has 1 aromatic heterocycles. The molecule has 0 saturated carbocycles. The SMILES string of the molecule is CN1CCC(CN(C)c2ncc(CNC(C)(C)C)s2)C1. The topological polar surface area (TPSA) is 31.4 Å². The summed E-state index contributed by atoms with van der Waals surface area (Å²) in [6.45, 7) is 11.0. The third-order valence-electron chi connectivity index (χ3n) is 3.68. The number of rotatable bonds is 5. The van der Waals surface area contributed by atoms with E-state index in [9.17, 15) is 0 Å². The van der Waals surface area contributed by atoms with E-state index in [1.165, 1.54) is 24.4 Å². The second-order valence-electron chi connectivity index (χ2n) is 7.01. The van der Waals surface area contributed by atoms with Crippen LogP contribution in [0.25, 0.3) is 0 Å². The van der Waals surface area contributed by atoms with Crippen LogP contribution in [-0.2, 0) is 6.54 Å². The number of anilines is 1. The molecule has 1 fully saturated rings. The zero-order valence-corrected chi connectivity index (χ0v) is 14.3. The van der Waals surface area contributed by atoms with Gasteiger partial charge in [0, 0.05) is 43.3 Å². The molecule has 0 aromatic carbocycles. The van der Waals surface area contributed by atoms with Gasteiger partial charge in [-0.2, -0.15) is 0 Å². The van der Waals surface area contributed by atoms with Gasteiger partial charge in [-0.1, -0.05) is 0 Å². The summed E-state index contributed by atoms with van der Waals surface area (Å²) >= 11 is 1.80. The Hall–Kier alpha value is -0.650. The maximum atomic E-state index is 4.57. The summed E-state index contributed by atoms with van der Waals surface area (Å²) in [4.78, 5) is 10.6. The molecule has 1 saturated heterocycles. The number of nitrogens with zero attached hydrogens (tertiary/aromatic N) is 3. The summed E-state index contributed by atoms with van der Waals surface area (Å²) in [6, 6.07) is 0. The van der Waals surface area contributed by atoms with Crippen LogP contribution in [-0.4, -0.2) is 49.2 Å². The van der Waals surface area contributed by atoms with Gasteiger partial charge in [-0.3, -0.25) is 0 Å². The van der Waals surface area contributed by atoms with Crippen molar-refractivity contribution >= 4 is 16.5 Å². The van der Waals surface area contributed by atoms with Crippen molar-refractivity contribution in [2.24, 2.45) is 5.92 Å². The highest BCUT2D eigenvalue weighted by Crippen LogP contribution is 2.24. The van der Waals surface area contributed by atoms with E-state index in [-0.39, 0.29) is 5.54 Å². The molecule has 1 aliphatic rings. The lowest BCUT2D eigenvalue weighted by atomic mass is 10.1. The quantitative estimate of drug-likeness (QED) is 0.904. The summed E-state index contributed by atoms with van der Waals surface area (Å²) in [6.07, 6.45) is 3.32. The van der Waals surface area contributed by atoms with Gasteiger partial charge in [0.05, 0.1) is 0 Å². The Balaban J connectivity index is 1.84. The predicted molar refractivity (Wildman–Crippen MR) is 87.6 cm³/mol. The van der Waals surface area contributed by atoms with Gasteiger partial charge in [0.25, 0.3) is 0 Å². The van der Waals surface area contributed by atoms with Crippen LogP contribution in [0, 0.1) is 5.92 Å². The van der Waals surface area contributed by atoms with Crippen LogP contribution < -0.4 is 10.2 Å². The molecular formula is C15H28N4S. The zero-order chi connectivity index (χ0) is 14.8. The van der Waals surface area contributed by atoms with Crippen LogP contribution in [0.4, 0.5) is 5.13 Å². The smallest absolute Gasteiger partial charge is 0.185 e. The fourth-order valence-corrected chi connectivity index (χ4v) is 3.37. The first-order valence-electron chi connectivity index (χ1n) is 7.43. The maximum Gasteiger partial charge on any atom is 0.185 e. The Morgan fingerprint density at radius 1 is 1.50 bits per heavy atom. The van der Waals surface area contributed by atoms with Crippen LogP contribution in [0.2, 0.25) is 0 Å². The minimum atomic E-state index is 0.157. The third-order valence-corrected chi connectivity index (χ3v) is 4.79. The lowest BCUT2D eigenvalue weighted by Gasteiger charge is -2.20. The second-order valence-corrected chi connectivity index (χ2v) is 8.10. The molecule has 4 nitrogen and oxygen atoms in total. The largest absolute Gasteiger partial charge is 0.351 e. The van der Waals surface area contributed by atoms with E-state index >= 15 is 0 Å². The van der Waals surface area contributed by atoms with Crippen molar-refractivity contribution in [2.45, 2.75) is 39.3 Å². The molecule has 1 aromatic rings. The second kappa shape index (κ2) is 6.41. The van der Waals surface area contributed by atoms with Gasteiger partial charge in [0.1, 0.15) is 0 Å². The van der Waals surface area contributed by atoms with Crippen molar-refractivity contribution in [2.75, 3.05) is 38.6 Å². The fourth-order valence-electron chi connectivity index (χ4n) is 2.55. The Bertz CT molecular complexity index is 424. The fraction of sp³-hybridized carbons (Fsp3) is 0.800. The molecule has 2 heterocycles. The van der Waals surface area contributed by atoms with E-state index in [0.717, 1.165) is 24.1 Å². The molecule has 0 bridgehead atoms. The highest BCUT2D eigenvalue weighted by atomic mass is 32.1. The number of nitrogens with one attached hydrogen (secondary N) is 1. The molecule has 1 atom stereocenters. The molecule has 0 spiro atoms. The molecule has 1 aliphatic heterocycles. The summed E-state index contributed by atoms with van der Waals surface area (Å²) in [5.41, 5.74) is 0.157. The summed E-state index contributed by atoms with van der Waals surface area (Å²) < 4.78 is 0. The van der Waals surface area contributed by atoms with E-state index in [0.29, 0.717) is 0 Å². The first-order chi connectivity index (χ1) is 9.33. The number of aromatic nitrogens is 1. The standard InChI is InChI=1S/C15H28N4S/c1-15(2,3)17-9-13-8-16-14(20-13)19(5)11-12-6-7-18(4)10-12/h8,12,17H,6-7,9-11H2,1-5H3. The third kappa shape index (κ3) is 4.72. The lowest BCUT2D eigenvalue weighted by Crippen LogP contribution is -2.34. The average molecular weight is 296 g/mol. The van der Waals surface area contributed by atoms with Gasteiger partial charge in [0.15, 0.2) is 5.13 Å². The van der Waals surface area contributed by atoms with Gasteiger partial charge in [-0.05, 0) is 46.7 Å². The highest BCUT2D eigenvalue weighted by Gasteiger charge is 2.21. The van der Waals surface area contributed by atoms with Gasteiger partial charge in [0.2, 0.25) is 0 Å². The molecule has 0 radical (unpaired) electrons. The summed E-state index contributed by atoms with van der Waals surface area (Å²) in [5.74, 6) is 0.782. The summed E-state index contributed by atoms with van der Waals surface area (Å²) in [7, 11) is 4.37. The van der Waals surface area contributed by atoms with E-state index in [2.05, 4.69) is 55.0 Å². The van der Waals surface area contributed by atoms with Crippen molar-refractivity contribution < 1.29 is 0 Å². The minimum absolute atomic E-state index is 0.157. The van der Waals surface area contributed by atoms with Crippen molar-refractivity contribution in [1.29, 1.82) is 0 Å². The van der Waals surface area contributed by atoms with E-state index in [1.54, 1.807) is 11.3 Å². The van der Waals surface area contributed by atoms with Crippen molar-refractivity contribution in [3.8, 4) is 0 Å². The maximum absolute atomic E-state index is 4.57. The van der Waals surface area contributed by atoms with Crippen molar-refractivity contribution in [3.05, 3.63) is 11.1 Å². The van der Waals surface area contributed by atoms with Crippen molar-refractivity contribution in [1.82, 2.24) is 15.2 Å². The average Bonchev–Trinajstić information content (AvgIpc) is 2.95. The molecule has 20 heavy (non-hydrogen) atoms. The Morgan fingerprint density at radius 2 is 2.25 bits per heavy atom. The first kappa shape index (κ1) is 15.7. The highest BCUT2D eigenvalue weighted by molar-refractivity contribution is 7.15. The molecule has 2 rings (SSSR count). The molecule has 0 amide bonds. The van der Waals surface area contributed by atoms with Crippen LogP contribution in [0.3, 0.4) is 0 Å². The van der Waals surface area contributed by atoms with E-state index in [4.69, 9.17) is 0 Å². The first-order valence-corrected chi connectivity index (χ1v) is 8.24. The van der Waals surface area contributed by atoms with Gasteiger partial charge in [-0.15, -0.1) is 11.3 Å². The number of thiazole rings is 1. The van der Waals surface area contributed by atoms with Crippen LogP contribution in [0.15, 0.2) is 6.20 Å². The van der Waals surface area contributed by atoms with Crippen LogP contribution in [0.5, 0.6) is 0 Å². The molecular weight excluding hydrogens is 268 g/mol. The van der Waals surface area contributed by atoms with Gasteiger partial charge >= 0.3 is 0 Å². The van der Waals surface area contributed by atoms with Gasteiger partial charge < -0.3 is 15.1 Å². The molecule has 1 N–H and O–H groups in total.